The Labute approximate surface area is 103 Å². The Morgan fingerprint density at radius 3 is 2.56 bits per heavy atom. The normalized spacial score (nSPS) is 10.7. The highest BCUT2D eigenvalue weighted by molar-refractivity contribution is 9.10. The molecule has 2 aromatic rings. The summed E-state index contributed by atoms with van der Waals surface area (Å²) in [6, 6.07) is 10.4. The average Bonchev–Trinajstić information content (AvgIpc) is 2.28. The van der Waals surface area contributed by atoms with Gasteiger partial charge in [-0.05, 0) is 50.5 Å². The molecule has 3 heteroatoms. The van der Waals surface area contributed by atoms with Gasteiger partial charge in [-0.25, -0.2) is 0 Å². The molecule has 0 aromatic heterocycles. The van der Waals surface area contributed by atoms with Crippen LogP contribution in [0.2, 0.25) is 0 Å². The van der Waals surface area contributed by atoms with Crippen molar-refractivity contribution in [2.45, 2.75) is 6.61 Å². The van der Waals surface area contributed by atoms with Crippen LogP contribution >= 0.6 is 15.9 Å². The summed E-state index contributed by atoms with van der Waals surface area (Å²) >= 11 is 3.48. The van der Waals surface area contributed by atoms with Gasteiger partial charge in [0.1, 0.15) is 5.75 Å². The van der Waals surface area contributed by atoms with Crippen molar-refractivity contribution < 1.29 is 9.47 Å². The molecule has 0 saturated heterocycles. The van der Waals surface area contributed by atoms with Crippen LogP contribution in [0.5, 0.6) is 5.75 Å². The maximum absolute atomic E-state index is 5.26. The van der Waals surface area contributed by atoms with Crippen LogP contribution in [0, 0.1) is 0 Å². The van der Waals surface area contributed by atoms with Crippen LogP contribution in [0.3, 0.4) is 0 Å². The van der Waals surface area contributed by atoms with Crippen molar-refractivity contribution in [2.75, 3.05) is 14.2 Å². The summed E-state index contributed by atoms with van der Waals surface area (Å²) in [5.74, 6) is 0.854. The second-order valence-electron chi connectivity index (χ2n) is 3.60. The molecule has 0 atom stereocenters. The van der Waals surface area contributed by atoms with Gasteiger partial charge in [0.15, 0.2) is 0 Å². The van der Waals surface area contributed by atoms with Crippen LogP contribution in [0.1, 0.15) is 5.56 Å². The molecule has 0 amide bonds. The van der Waals surface area contributed by atoms with Crippen LogP contribution in [0.4, 0.5) is 0 Å². The van der Waals surface area contributed by atoms with Crippen molar-refractivity contribution >= 4 is 26.7 Å². The number of fused-ring (bicyclic) bond motifs is 1. The zero-order chi connectivity index (χ0) is 11.5. The second kappa shape index (κ2) is 4.85. The second-order valence-corrected chi connectivity index (χ2v) is 4.46. The lowest BCUT2D eigenvalue weighted by Gasteiger charge is -2.07. The van der Waals surface area contributed by atoms with Gasteiger partial charge in [-0.2, -0.15) is 0 Å². The first kappa shape index (κ1) is 11.4. The molecule has 0 aliphatic rings. The molecule has 0 aliphatic carbocycles. The molecule has 16 heavy (non-hydrogen) atoms. The standard InChI is InChI=1S/C13H13BrO2/c1-15-8-9-3-4-10-7-13(16-2)12(14)6-11(10)5-9/h3-7H,8H2,1-2H3. The number of methoxy groups -OCH3 is 2. The predicted molar refractivity (Wildman–Crippen MR) is 68.9 cm³/mol. The van der Waals surface area contributed by atoms with Gasteiger partial charge in [0.05, 0.1) is 18.2 Å². The summed E-state index contributed by atoms with van der Waals surface area (Å²) in [5.41, 5.74) is 1.17. The molecule has 0 radical (unpaired) electrons. The molecule has 2 nitrogen and oxygen atoms in total. The third-order valence-electron chi connectivity index (χ3n) is 2.49. The third kappa shape index (κ3) is 2.20. The molecule has 2 aromatic carbocycles. The SMILES string of the molecule is COCc1ccc2cc(OC)c(Br)cc2c1. The van der Waals surface area contributed by atoms with Crippen LogP contribution in [-0.2, 0) is 11.3 Å². The van der Waals surface area contributed by atoms with Gasteiger partial charge in [-0.1, -0.05) is 12.1 Å². The Balaban J connectivity index is 2.53. The van der Waals surface area contributed by atoms with E-state index in [9.17, 15) is 0 Å². The quantitative estimate of drug-likeness (QED) is 0.852. The summed E-state index contributed by atoms with van der Waals surface area (Å²) in [6.07, 6.45) is 0. The van der Waals surface area contributed by atoms with Gasteiger partial charge in [-0.15, -0.1) is 0 Å². The van der Waals surface area contributed by atoms with E-state index >= 15 is 0 Å². The lowest BCUT2D eigenvalue weighted by Crippen LogP contribution is -1.88. The molecular formula is C13H13BrO2. The molecule has 2 rings (SSSR count). The fraction of sp³-hybridized carbons (Fsp3) is 0.231. The molecule has 0 N–H and O–H groups in total. The Kier molecular flexibility index (Phi) is 3.46. The van der Waals surface area contributed by atoms with Crippen molar-refractivity contribution in [1.82, 2.24) is 0 Å². The number of halogens is 1. The monoisotopic (exact) mass is 280 g/mol. The minimum Gasteiger partial charge on any atom is -0.496 e. The van der Waals surface area contributed by atoms with Crippen molar-refractivity contribution in [3.63, 3.8) is 0 Å². The highest BCUT2D eigenvalue weighted by Crippen LogP contribution is 2.30. The molecule has 0 unspecified atom stereocenters. The summed E-state index contributed by atoms with van der Waals surface area (Å²) in [4.78, 5) is 0. The number of benzene rings is 2. The first-order chi connectivity index (χ1) is 7.74. The van der Waals surface area contributed by atoms with Gasteiger partial charge < -0.3 is 9.47 Å². The highest BCUT2D eigenvalue weighted by Gasteiger charge is 2.03. The predicted octanol–water partition coefficient (Wildman–Crippen LogP) is 3.76. The Morgan fingerprint density at radius 2 is 1.88 bits per heavy atom. The zero-order valence-electron chi connectivity index (χ0n) is 9.29. The van der Waals surface area contributed by atoms with Crippen molar-refractivity contribution in [3.8, 4) is 5.75 Å². The first-order valence-electron chi connectivity index (χ1n) is 4.99. The summed E-state index contributed by atoms with van der Waals surface area (Å²) in [7, 11) is 3.37. The minimum atomic E-state index is 0.638. The Hall–Kier alpha value is -1.06. The average molecular weight is 281 g/mol. The first-order valence-corrected chi connectivity index (χ1v) is 5.79. The van der Waals surface area contributed by atoms with E-state index < -0.39 is 0 Å². The number of hydrogen-bond acceptors (Lipinski definition) is 2. The molecule has 0 aliphatic heterocycles. The van der Waals surface area contributed by atoms with E-state index in [2.05, 4.69) is 40.2 Å². The Morgan fingerprint density at radius 1 is 1.06 bits per heavy atom. The van der Waals surface area contributed by atoms with E-state index in [4.69, 9.17) is 9.47 Å². The minimum absolute atomic E-state index is 0.638. The fourth-order valence-electron chi connectivity index (χ4n) is 1.71. The molecule has 84 valence electrons. The van der Waals surface area contributed by atoms with Crippen molar-refractivity contribution in [2.24, 2.45) is 0 Å². The van der Waals surface area contributed by atoms with E-state index in [1.807, 2.05) is 6.07 Å². The number of ether oxygens (including phenoxy) is 2. The van der Waals surface area contributed by atoms with E-state index in [-0.39, 0.29) is 0 Å². The van der Waals surface area contributed by atoms with Crippen molar-refractivity contribution in [3.05, 3.63) is 40.4 Å². The van der Waals surface area contributed by atoms with Gasteiger partial charge in [-0.3, -0.25) is 0 Å². The molecule has 0 saturated carbocycles. The molecule has 0 spiro atoms. The van der Waals surface area contributed by atoms with Crippen LogP contribution < -0.4 is 4.74 Å². The van der Waals surface area contributed by atoms with Crippen LogP contribution in [0.15, 0.2) is 34.8 Å². The zero-order valence-corrected chi connectivity index (χ0v) is 10.9. The van der Waals surface area contributed by atoms with Gasteiger partial charge in [0, 0.05) is 7.11 Å². The van der Waals surface area contributed by atoms with E-state index in [0.717, 1.165) is 10.2 Å². The summed E-state index contributed by atoms with van der Waals surface area (Å²) in [5, 5.41) is 2.35. The van der Waals surface area contributed by atoms with Gasteiger partial charge in [0.2, 0.25) is 0 Å². The number of rotatable bonds is 3. The van der Waals surface area contributed by atoms with E-state index in [0.29, 0.717) is 6.61 Å². The van der Waals surface area contributed by atoms with Crippen LogP contribution in [0.25, 0.3) is 10.8 Å². The molecule has 0 heterocycles. The third-order valence-corrected chi connectivity index (χ3v) is 3.11. The maximum atomic E-state index is 5.26. The lowest BCUT2D eigenvalue weighted by atomic mass is 10.1. The topological polar surface area (TPSA) is 18.5 Å². The molecule has 0 fully saturated rings. The highest BCUT2D eigenvalue weighted by atomic mass is 79.9. The number of hydrogen-bond donors (Lipinski definition) is 0. The molecule has 0 bridgehead atoms. The Bertz CT molecular complexity index is 509. The van der Waals surface area contributed by atoms with Crippen molar-refractivity contribution in [1.29, 1.82) is 0 Å². The van der Waals surface area contributed by atoms with Crippen LogP contribution in [-0.4, -0.2) is 14.2 Å². The smallest absolute Gasteiger partial charge is 0.133 e. The fourth-order valence-corrected chi connectivity index (χ4v) is 2.23. The van der Waals surface area contributed by atoms with E-state index in [1.165, 1.54) is 16.3 Å². The van der Waals surface area contributed by atoms with Gasteiger partial charge >= 0.3 is 0 Å². The summed E-state index contributed by atoms with van der Waals surface area (Å²) < 4.78 is 11.3. The largest absolute Gasteiger partial charge is 0.496 e. The molecular weight excluding hydrogens is 268 g/mol. The maximum Gasteiger partial charge on any atom is 0.133 e. The van der Waals surface area contributed by atoms with Gasteiger partial charge in [0.25, 0.3) is 0 Å². The lowest BCUT2D eigenvalue weighted by molar-refractivity contribution is 0.185. The summed E-state index contributed by atoms with van der Waals surface area (Å²) in [6.45, 7) is 0.638. The van der Waals surface area contributed by atoms with E-state index in [1.54, 1.807) is 14.2 Å².